The molecular formula is C13H7Br3ClNO. The number of rotatable bonds is 2. The normalized spacial score (nSPS) is 11.2. The molecule has 0 saturated heterocycles. The Balaban J connectivity index is 2.41. The Morgan fingerprint density at radius 2 is 1.68 bits per heavy atom. The molecule has 0 heterocycles. The lowest BCUT2D eigenvalue weighted by molar-refractivity contribution is 0.474. The lowest BCUT2D eigenvalue weighted by Crippen LogP contribution is -1.83. The van der Waals surface area contributed by atoms with Crippen LogP contribution in [0.5, 0.6) is 5.75 Å². The van der Waals surface area contributed by atoms with Crippen LogP contribution in [0.4, 0.5) is 5.69 Å². The number of nitrogens with zero attached hydrogens (tertiary/aromatic N) is 1. The first-order valence-electron chi connectivity index (χ1n) is 5.14. The van der Waals surface area contributed by atoms with E-state index in [9.17, 15) is 5.11 Å². The second kappa shape index (κ2) is 6.39. The van der Waals surface area contributed by atoms with Gasteiger partial charge in [0.05, 0.1) is 5.69 Å². The van der Waals surface area contributed by atoms with Crippen molar-refractivity contribution < 1.29 is 5.11 Å². The van der Waals surface area contributed by atoms with E-state index in [1.165, 1.54) is 0 Å². The highest BCUT2D eigenvalue weighted by atomic mass is 79.9. The van der Waals surface area contributed by atoms with Crippen molar-refractivity contribution in [3.05, 3.63) is 54.3 Å². The maximum absolute atomic E-state index is 9.74. The fourth-order valence-electron chi connectivity index (χ4n) is 1.42. The molecule has 2 aromatic carbocycles. The first-order valence-corrected chi connectivity index (χ1v) is 7.90. The van der Waals surface area contributed by atoms with Crippen molar-refractivity contribution in [3.8, 4) is 5.75 Å². The molecular weight excluding hydrogens is 461 g/mol. The van der Waals surface area contributed by atoms with E-state index in [0.29, 0.717) is 16.3 Å². The topological polar surface area (TPSA) is 32.6 Å². The Morgan fingerprint density at radius 3 is 2.32 bits per heavy atom. The van der Waals surface area contributed by atoms with E-state index in [0.717, 1.165) is 13.4 Å². The molecule has 2 rings (SSSR count). The zero-order chi connectivity index (χ0) is 14.0. The largest absolute Gasteiger partial charge is 0.507 e. The van der Waals surface area contributed by atoms with Gasteiger partial charge in [-0.25, -0.2) is 0 Å². The summed E-state index contributed by atoms with van der Waals surface area (Å²) in [7, 11) is 0. The van der Waals surface area contributed by atoms with E-state index in [1.807, 2.05) is 0 Å². The molecule has 19 heavy (non-hydrogen) atoms. The predicted molar refractivity (Wildman–Crippen MR) is 89.9 cm³/mol. The summed E-state index contributed by atoms with van der Waals surface area (Å²) in [6.45, 7) is 0. The van der Waals surface area contributed by atoms with Crippen LogP contribution in [0.1, 0.15) is 5.56 Å². The predicted octanol–water partition coefficient (Wildman–Crippen LogP) is 6.08. The number of aliphatic imine (C=N–C) groups is 1. The van der Waals surface area contributed by atoms with Gasteiger partial charge in [-0.1, -0.05) is 27.5 Å². The molecule has 0 aliphatic heterocycles. The van der Waals surface area contributed by atoms with Crippen LogP contribution in [0.3, 0.4) is 0 Å². The number of halogens is 4. The van der Waals surface area contributed by atoms with Crippen molar-refractivity contribution in [1.29, 1.82) is 0 Å². The van der Waals surface area contributed by atoms with Gasteiger partial charge in [0.2, 0.25) is 0 Å². The van der Waals surface area contributed by atoms with E-state index in [-0.39, 0.29) is 5.75 Å². The van der Waals surface area contributed by atoms with Crippen LogP contribution in [-0.2, 0) is 0 Å². The van der Waals surface area contributed by atoms with Gasteiger partial charge in [-0.2, -0.15) is 0 Å². The maximum atomic E-state index is 9.74. The van der Waals surface area contributed by atoms with Gasteiger partial charge < -0.3 is 5.11 Å². The summed E-state index contributed by atoms with van der Waals surface area (Å²) in [5, 5.41) is 10.4. The summed E-state index contributed by atoms with van der Waals surface area (Å²) in [5.41, 5.74) is 1.34. The molecule has 6 heteroatoms. The minimum Gasteiger partial charge on any atom is -0.507 e. The molecule has 0 radical (unpaired) electrons. The number of aromatic hydroxyl groups is 1. The molecule has 0 fully saturated rings. The highest BCUT2D eigenvalue weighted by molar-refractivity contribution is 9.11. The number of phenolic OH excluding ortho intramolecular Hbond substituents is 1. The molecule has 0 bridgehead atoms. The third-order valence-electron chi connectivity index (χ3n) is 2.30. The Bertz CT molecular complexity index is 635. The van der Waals surface area contributed by atoms with Gasteiger partial charge in [-0.05, 0) is 62.2 Å². The van der Waals surface area contributed by atoms with E-state index in [4.69, 9.17) is 11.6 Å². The number of hydrogen-bond acceptors (Lipinski definition) is 2. The molecule has 2 aromatic rings. The van der Waals surface area contributed by atoms with Crippen LogP contribution < -0.4 is 0 Å². The number of phenols is 1. The van der Waals surface area contributed by atoms with Crippen molar-refractivity contribution in [2.75, 3.05) is 0 Å². The van der Waals surface area contributed by atoms with Crippen molar-refractivity contribution in [2.45, 2.75) is 0 Å². The third-order valence-corrected chi connectivity index (χ3v) is 4.22. The van der Waals surface area contributed by atoms with E-state index < -0.39 is 0 Å². The maximum Gasteiger partial charge on any atom is 0.124 e. The van der Waals surface area contributed by atoms with Gasteiger partial charge in [-0.3, -0.25) is 4.99 Å². The molecule has 0 aliphatic rings. The average Bonchev–Trinajstić information content (AvgIpc) is 2.32. The average molecular weight is 468 g/mol. The van der Waals surface area contributed by atoms with E-state index in [2.05, 4.69) is 52.8 Å². The lowest BCUT2D eigenvalue weighted by Gasteiger charge is -2.04. The molecule has 0 saturated carbocycles. The summed E-state index contributed by atoms with van der Waals surface area (Å²) in [4.78, 5) is 4.36. The van der Waals surface area contributed by atoms with Crippen LogP contribution >= 0.6 is 59.4 Å². The van der Waals surface area contributed by atoms with Gasteiger partial charge in [0.25, 0.3) is 0 Å². The zero-order valence-corrected chi connectivity index (χ0v) is 14.9. The molecule has 0 unspecified atom stereocenters. The quantitative estimate of drug-likeness (QED) is 0.532. The molecule has 98 valence electrons. The van der Waals surface area contributed by atoms with Crippen LogP contribution in [-0.4, -0.2) is 11.3 Å². The van der Waals surface area contributed by atoms with Crippen molar-refractivity contribution in [1.82, 2.24) is 0 Å². The fraction of sp³-hybridized carbons (Fsp3) is 0. The molecule has 0 spiro atoms. The summed E-state index contributed by atoms with van der Waals surface area (Å²) >= 11 is 16.1. The van der Waals surface area contributed by atoms with Crippen LogP contribution in [0, 0.1) is 0 Å². The molecule has 0 aliphatic carbocycles. The lowest BCUT2D eigenvalue weighted by atomic mass is 10.2. The summed E-state index contributed by atoms with van der Waals surface area (Å²) in [6, 6.07) is 8.69. The van der Waals surface area contributed by atoms with Crippen molar-refractivity contribution >= 4 is 71.3 Å². The Hall–Kier alpha value is -0.360. The van der Waals surface area contributed by atoms with Crippen LogP contribution in [0.2, 0.25) is 5.02 Å². The molecule has 0 aromatic heterocycles. The SMILES string of the molecule is Oc1ccc(Br)cc1C=Nc1c(Br)cc(Cl)cc1Br. The fourth-order valence-corrected chi connectivity index (χ4v) is 3.67. The Labute approximate surface area is 140 Å². The van der Waals surface area contributed by atoms with Crippen molar-refractivity contribution in [3.63, 3.8) is 0 Å². The van der Waals surface area contributed by atoms with Crippen LogP contribution in [0.25, 0.3) is 0 Å². The first-order chi connectivity index (χ1) is 8.97. The zero-order valence-electron chi connectivity index (χ0n) is 9.37. The Morgan fingerprint density at radius 1 is 1.05 bits per heavy atom. The smallest absolute Gasteiger partial charge is 0.124 e. The van der Waals surface area contributed by atoms with Gasteiger partial charge in [-0.15, -0.1) is 0 Å². The standard InChI is InChI=1S/C13H7Br3ClNO/c14-8-1-2-12(19)7(3-8)6-18-13-10(15)4-9(17)5-11(13)16/h1-6,19H. The summed E-state index contributed by atoms with van der Waals surface area (Å²) in [5.74, 6) is 0.174. The number of benzene rings is 2. The van der Waals surface area contributed by atoms with Crippen LogP contribution in [0.15, 0.2) is 48.7 Å². The van der Waals surface area contributed by atoms with E-state index in [1.54, 1.807) is 36.5 Å². The van der Waals surface area contributed by atoms with Gasteiger partial charge in [0, 0.05) is 30.2 Å². The van der Waals surface area contributed by atoms with Gasteiger partial charge >= 0.3 is 0 Å². The Kier molecular flexibility index (Phi) is 5.06. The second-order valence-electron chi connectivity index (χ2n) is 3.68. The molecule has 1 N–H and O–H groups in total. The first kappa shape index (κ1) is 15.0. The molecule has 2 nitrogen and oxygen atoms in total. The highest BCUT2D eigenvalue weighted by Crippen LogP contribution is 2.36. The monoisotopic (exact) mass is 465 g/mol. The third kappa shape index (κ3) is 3.81. The van der Waals surface area contributed by atoms with E-state index >= 15 is 0 Å². The second-order valence-corrected chi connectivity index (χ2v) is 6.74. The number of hydrogen-bond donors (Lipinski definition) is 1. The molecule has 0 amide bonds. The highest BCUT2D eigenvalue weighted by Gasteiger charge is 2.06. The van der Waals surface area contributed by atoms with Crippen molar-refractivity contribution in [2.24, 2.45) is 4.99 Å². The minimum absolute atomic E-state index is 0.174. The summed E-state index contributed by atoms with van der Waals surface area (Å²) < 4.78 is 2.43. The molecule has 0 atom stereocenters. The summed E-state index contributed by atoms with van der Waals surface area (Å²) in [6.07, 6.45) is 1.60. The van der Waals surface area contributed by atoms with Gasteiger partial charge in [0.15, 0.2) is 0 Å². The van der Waals surface area contributed by atoms with Gasteiger partial charge in [0.1, 0.15) is 5.75 Å². The minimum atomic E-state index is 0.174.